The monoisotopic (exact) mass is 407 g/mol. The van der Waals surface area contributed by atoms with Gasteiger partial charge in [-0.25, -0.2) is 4.68 Å². The molecular weight excluding hydrogens is 378 g/mol. The summed E-state index contributed by atoms with van der Waals surface area (Å²) in [5.74, 6) is 1.40. The summed E-state index contributed by atoms with van der Waals surface area (Å²) in [5, 5.41) is 7.69. The van der Waals surface area contributed by atoms with Crippen LogP contribution in [0.25, 0.3) is 5.69 Å². The number of hydrogen-bond acceptors (Lipinski definition) is 4. The first kappa shape index (κ1) is 21.6. The first-order chi connectivity index (χ1) is 14.6. The number of aromatic nitrogens is 2. The number of ether oxygens (including phenoxy) is 2. The van der Waals surface area contributed by atoms with E-state index in [1.54, 1.807) is 7.11 Å². The molecular formula is C24H29N3O3. The van der Waals surface area contributed by atoms with Crippen LogP contribution in [0.15, 0.2) is 54.6 Å². The molecule has 6 nitrogen and oxygen atoms in total. The second-order valence-corrected chi connectivity index (χ2v) is 7.09. The molecule has 0 aliphatic heterocycles. The van der Waals surface area contributed by atoms with Crippen LogP contribution in [0.2, 0.25) is 0 Å². The summed E-state index contributed by atoms with van der Waals surface area (Å²) in [6.45, 7) is 5.10. The molecule has 0 aliphatic carbocycles. The first-order valence-corrected chi connectivity index (χ1v) is 10.3. The Kier molecular flexibility index (Phi) is 7.63. The summed E-state index contributed by atoms with van der Waals surface area (Å²) < 4.78 is 13.2. The van der Waals surface area contributed by atoms with E-state index < -0.39 is 0 Å². The summed E-state index contributed by atoms with van der Waals surface area (Å²) in [7, 11) is 1.62. The molecule has 1 aromatic heterocycles. The zero-order chi connectivity index (χ0) is 21.3. The van der Waals surface area contributed by atoms with E-state index in [4.69, 9.17) is 14.6 Å². The number of rotatable bonds is 10. The van der Waals surface area contributed by atoms with Crippen molar-refractivity contribution in [3.05, 3.63) is 71.4 Å². The molecule has 2 aromatic carbocycles. The number of nitrogens with zero attached hydrogens (tertiary/aromatic N) is 2. The zero-order valence-electron chi connectivity index (χ0n) is 17.9. The van der Waals surface area contributed by atoms with Crippen molar-refractivity contribution >= 4 is 5.91 Å². The molecule has 0 bridgehead atoms. The van der Waals surface area contributed by atoms with Gasteiger partial charge in [-0.1, -0.05) is 37.3 Å². The van der Waals surface area contributed by atoms with Crippen molar-refractivity contribution in [2.24, 2.45) is 0 Å². The molecule has 3 rings (SSSR count). The average molecular weight is 408 g/mol. The molecule has 0 saturated heterocycles. The van der Waals surface area contributed by atoms with E-state index >= 15 is 0 Å². The Bertz CT molecular complexity index is 967. The van der Waals surface area contributed by atoms with Crippen molar-refractivity contribution in [2.75, 3.05) is 20.3 Å². The number of methoxy groups -OCH3 is 1. The third kappa shape index (κ3) is 5.48. The molecule has 0 spiro atoms. The van der Waals surface area contributed by atoms with Crippen LogP contribution in [0.3, 0.4) is 0 Å². The molecule has 158 valence electrons. The first-order valence-electron chi connectivity index (χ1n) is 10.3. The van der Waals surface area contributed by atoms with Gasteiger partial charge in [0.1, 0.15) is 5.75 Å². The molecule has 0 aliphatic rings. The number of carbonyl (C=O) groups excluding carboxylic acids is 1. The molecule has 30 heavy (non-hydrogen) atoms. The number of carbonyl (C=O) groups is 1. The number of hydrogen-bond donors (Lipinski definition) is 1. The van der Waals surface area contributed by atoms with E-state index in [2.05, 4.69) is 12.2 Å². The lowest BCUT2D eigenvalue weighted by atomic mass is 10.1. The van der Waals surface area contributed by atoms with E-state index in [0.29, 0.717) is 31.9 Å². The van der Waals surface area contributed by atoms with E-state index in [-0.39, 0.29) is 5.91 Å². The van der Waals surface area contributed by atoms with Gasteiger partial charge in [-0.15, -0.1) is 0 Å². The van der Waals surface area contributed by atoms with E-state index in [1.807, 2.05) is 66.2 Å². The van der Waals surface area contributed by atoms with Crippen LogP contribution < -0.4 is 10.1 Å². The van der Waals surface area contributed by atoms with Gasteiger partial charge in [0.2, 0.25) is 11.8 Å². The molecule has 1 N–H and O–H groups in total. The molecule has 3 aromatic rings. The Morgan fingerprint density at radius 3 is 2.63 bits per heavy atom. The number of benzene rings is 2. The fourth-order valence-corrected chi connectivity index (χ4v) is 3.27. The Balaban J connectivity index is 1.93. The van der Waals surface area contributed by atoms with Crippen LogP contribution in [0.4, 0.5) is 0 Å². The Morgan fingerprint density at radius 2 is 1.93 bits per heavy atom. The fourth-order valence-electron chi connectivity index (χ4n) is 3.27. The minimum Gasteiger partial charge on any atom is -0.439 e. The average Bonchev–Trinajstić information content (AvgIpc) is 3.10. The van der Waals surface area contributed by atoms with Gasteiger partial charge in [0.15, 0.2) is 0 Å². The van der Waals surface area contributed by atoms with Crippen LogP contribution in [0.5, 0.6) is 11.6 Å². The fraction of sp³-hybridized carbons (Fsp3) is 0.333. The van der Waals surface area contributed by atoms with Gasteiger partial charge in [-0.2, -0.15) is 5.10 Å². The standard InChI is InChI=1S/C24H29N3O3/c1-4-22-21(13-14-23(28)25-15-16-29-3)24(30-20-12-8-9-18(2)17-20)27(26-22)19-10-6-5-7-11-19/h5-12,17H,4,13-16H2,1-3H3,(H,25,28). The molecule has 0 atom stereocenters. The number of nitrogens with one attached hydrogen (secondary N) is 1. The largest absolute Gasteiger partial charge is 0.439 e. The molecule has 1 heterocycles. The predicted octanol–water partition coefficient (Wildman–Crippen LogP) is 4.23. The lowest BCUT2D eigenvalue weighted by molar-refractivity contribution is -0.121. The summed E-state index contributed by atoms with van der Waals surface area (Å²) in [6.07, 6.45) is 1.67. The lowest BCUT2D eigenvalue weighted by Crippen LogP contribution is -2.27. The number of para-hydroxylation sites is 1. The predicted molar refractivity (Wildman–Crippen MR) is 117 cm³/mol. The number of aryl methyl sites for hydroxylation is 2. The van der Waals surface area contributed by atoms with Crippen LogP contribution in [0.1, 0.15) is 30.2 Å². The summed E-state index contributed by atoms with van der Waals surface area (Å²) in [6, 6.07) is 17.8. The van der Waals surface area contributed by atoms with Gasteiger partial charge in [0.25, 0.3) is 0 Å². The molecule has 0 fully saturated rings. The lowest BCUT2D eigenvalue weighted by Gasteiger charge is -2.12. The topological polar surface area (TPSA) is 65.4 Å². The van der Waals surface area contributed by atoms with E-state index in [0.717, 1.165) is 34.7 Å². The maximum Gasteiger partial charge on any atom is 0.226 e. The van der Waals surface area contributed by atoms with Crippen LogP contribution in [-0.2, 0) is 22.4 Å². The highest BCUT2D eigenvalue weighted by Gasteiger charge is 2.21. The molecule has 0 saturated carbocycles. The van der Waals surface area contributed by atoms with Crippen molar-refractivity contribution in [3.8, 4) is 17.3 Å². The SMILES string of the molecule is CCc1nn(-c2ccccc2)c(Oc2cccc(C)c2)c1CCC(=O)NCCOC. The Labute approximate surface area is 177 Å². The quantitative estimate of drug-likeness (QED) is 0.511. The highest BCUT2D eigenvalue weighted by atomic mass is 16.5. The smallest absolute Gasteiger partial charge is 0.226 e. The summed E-state index contributed by atoms with van der Waals surface area (Å²) in [5.41, 5.74) is 3.94. The van der Waals surface area contributed by atoms with Gasteiger partial charge in [0.05, 0.1) is 18.0 Å². The Hall–Kier alpha value is -3.12. The van der Waals surface area contributed by atoms with Crippen LogP contribution >= 0.6 is 0 Å². The van der Waals surface area contributed by atoms with Crippen molar-refractivity contribution in [2.45, 2.75) is 33.1 Å². The van der Waals surface area contributed by atoms with Gasteiger partial charge < -0.3 is 14.8 Å². The summed E-state index contributed by atoms with van der Waals surface area (Å²) >= 11 is 0. The van der Waals surface area contributed by atoms with Crippen LogP contribution in [-0.4, -0.2) is 35.9 Å². The highest BCUT2D eigenvalue weighted by molar-refractivity contribution is 5.76. The zero-order valence-corrected chi connectivity index (χ0v) is 17.9. The Morgan fingerprint density at radius 1 is 1.13 bits per heavy atom. The van der Waals surface area contributed by atoms with Crippen molar-refractivity contribution < 1.29 is 14.3 Å². The van der Waals surface area contributed by atoms with E-state index in [1.165, 1.54) is 0 Å². The maximum atomic E-state index is 12.2. The third-order valence-electron chi connectivity index (χ3n) is 4.79. The molecule has 0 radical (unpaired) electrons. The van der Waals surface area contributed by atoms with Crippen molar-refractivity contribution in [1.82, 2.24) is 15.1 Å². The van der Waals surface area contributed by atoms with Crippen molar-refractivity contribution in [3.63, 3.8) is 0 Å². The van der Waals surface area contributed by atoms with Gasteiger partial charge in [-0.05, 0) is 49.6 Å². The van der Waals surface area contributed by atoms with Gasteiger partial charge >= 0.3 is 0 Å². The summed E-state index contributed by atoms with van der Waals surface area (Å²) in [4.78, 5) is 12.2. The highest BCUT2D eigenvalue weighted by Crippen LogP contribution is 2.32. The number of amides is 1. The third-order valence-corrected chi connectivity index (χ3v) is 4.79. The van der Waals surface area contributed by atoms with Gasteiger partial charge in [-0.3, -0.25) is 4.79 Å². The van der Waals surface area contributed by atoms with E-state index in [9.17, 15) is 4.79 Å². The molecule has 0 unspecified atom stereocenters. The molecule has 6 heteroatoms. The minimum absolute atomic E-state index is 0.0110. The van der Waals surface area contributed by atoms with Crippen molar-refractivity contribution in [1.29, 1.82) is 0 Å². The van der Waals surface area contributed by atoms with Gasteiger partial charge in [0, 0.05) is 25.6 Å². The normalized spacial score (nSPS) is 10.8. The molecule has 1 amide bonds. The minimum atomic E-state index is -0.0110. The van der Waals surface area contributed by atoms with Crippen LogP contribution in [0, 0.1) is 6.92 Å². The second kappa shape index (κ2) is 10.6. The second-order valence-electron chi connectivity index (χ2n) is 7.09. The maximum absolute atomic E-state index is 12.2.